The van der Waals surface area contributed by atoms with Gasteiger partial charge in [-0.1, -0.05) is 60.7 Å². The Labute approximate surface area is 204 Å². The summed E-state index contributed by atoms with van der Waals surface area (Å²) in [6, 6.07) is 25.0. The van der Waals surface area contributed by atoms with Crippen molar-refractivity contribution in [2.45, 2.75) is 31.8 Å². The van der Waals surface area contributed by atoms with E-state index < -0.39 is 5.97 Å². The predicted molar refractivity (Wildman–Crippen MR) is 136 cm³/mol. The zero-order valence-corrected chi connectivity index (χ0v) is 19.6. The summed E-state index contributed by atoms with van der Waals surface area (Å²) in [7, 11) is 0. The molecule has 1 aliphatic heterocycles. The normalized spacial score (nSPS) is 17.1. The van der Waals surface area contributed by atoms with Crippen molar-refractivity contribution in [1.29, 1.82) is 0 Å². The number of aromatic carboxylic acids is 1. The summed E-state index contributed by atoms with van der Waals surface area (Å²) in [5.74, 6) is -0.971. The van der Waals surface area contributed by atoms with Crippen molar-refractivity contribution in [1.82, 2.24) is 5.32 Å². The van der Waals surface area contributed by atoms with E-state index in [2.05, 4.69) is 47.8 Å². The maximum atomic E-state index is 15.1. The van der Waals surface area contributed by atoms with Crippen LogP contribution in [0, 0.1) is 12.7 Å². The van der Waals surface area contributed by atoms with E-state index >= 15 is 4.39 Å². The minimum Gasteiger partial charge on any atom is -0.489 e. The van der Waals surface area contributed by atoms with E-state index in [-0.39, 0.29) is 23.4 Å². The number of carboxylic acid groups (broad SMARTS) is 1. The summed E-state index contributed by atoms with van der Waals surface area (Å²) in [6.45, 7) is 3.11. The van der Waals surface area contributed by atoms with Crippen molar-refractivity contribution < 1.29 is 19.0 Å². The van der Waals surface area contributed by atoms with Crippen LogP contribution in [0.2, 0.25) is 0 Å². The molecule has 35 heavy (non-hydrogen) atoms. The van der Waals surface area contributed by atoms with Gasteiger partial charge in [0.05, 0.1) is 5.56 Å². The van der Waals surface area contributed by atoms with Crippen molar-refractivity contribution >= 4 is 16.7 Å². The maximum Gasteiger partial charge on any atom is 0.335 e. The molecule has 0 aromatic heterocycles. The van der Waals surface area contributed by atoms with Crippen LogP contribution in [0.4, 0.5) is 4.39 Å². The molecular weight excluding hydrogens is 441 g/mol. The Kier molecular flexibility index (Phi) is 6.51. The molecule has 0 amide bonds. The van der Waals surface area contributed by atoms with Gasteiger partial charge in [-0.3, -0.25) is 0 Å². The summed E-state index contributed by atoms with van der Waals surface area (Å²) in [6.07, 6.45) is 1.30. The summed E-state index contributed by atoms with van der Waals surface area (Å²) >= 11 is 0. The first kappa shape index (κ1) is 23.1. The van der Waals surface area contributed by atoms with Gasteiger partial charge in [-0.05, 0) is 72.0 Å². The number of hydrogen-bond acceptors (Lipinski definition) is 3. The first-order valence-corrected chi connectivity index (χ1v) is 12.0. The first-order chi connectivity index (χ1) is 17.0. The molecule has 0 unspecified atom stereocenters. The number of rotatable bonds is 7. The molecular formula is C30H28FNO3. The van der Waals surface area contributed by atoms with Crippen LogP contribution in [0.5, 0.6) is 5.75 Å². The van der Waals surface area contributed by atoms with E-state index in [0.29, 0.717) is 24.1 Å². The van der Waals surface area contributed by atoms with Gasteiger partial charge in [0.25, 0.3) is 0 Å². The van der Waals surface area contributed by atoms with Crippen LogP contribution < -0.4 is 10.1 Å². The third-order valence-electron chi connectivity index (χ3n) is 6.95. The van der Waals surface area contributed by atoms with E-state index in [4.69, 9.17) is 4.74 Å². The summed E-state index contributed by atoms with van der Waals surface area (Å²) < 4.78 is 21.3. The molecule has 2 N–H and O–H groups in total. The Morgan fingerprint density at radius 1 is 1.03 bits per heavy atom. The number of hydrogen-bond donors (Lipinski definition) is 2. The molecule has 0 aliphatic carbocycles. The Bertz CT molecular complexity index is 1380. The number of benzene rings is 4. The Balaban J connectivity index is 1.33. The van der Waals surface area contributed by atoms with Crippen LogP contribution in [0.1, 0.15) is 45.0 Å². The van der Waals surface area contributed by atoms with Gasteiger partial charge in [-0.15, -0.1) is 0 Å². The van der Waals surface area contributed by atoms with E-state index in [0.717, 1.165) is 24.3 Å². The lowest BCUT2D eigenvalue weighted by Gasteiger charge is -2.33. The minimum absolute atomic E-state index is 0.134. The molecule has 0 radical (unpaired) electrons. The first-order valence-electron chi connectivity index (χ1n) is 12.0. The topological polar surface area (TPSA) is 58.6 Å². The van der Waals surface area contributed by atoms with E-state index in [9.17, 15) is 9.90 Å². The standard InChI is InChI=1S/C30H28FNO3/c1-19-23(30(33)34)13-14-27(31)29(19)26-17-22(35-28-12-5-4-11-25(26)28)18-32-16-15-21-9-6-8-20-7-2-3-10-24(20)21/h2-14,22,26,32H,15-18H2,1H3,(H,33,34)/t22-,26-/m1/s1. The maximum absolute atomic E-state index is 15.1. The van der Waals surface area contributed by atoms with Gasteiger partial charge in [0.1, 0.15) is 17.7 Å². The lowest BCUT2D eigenvalue weighted by Crippen LogP contribution is -2.37. The van der Waals surface area contributed by atoms with Crippen molar-refractivity contribution in [2.24, 2.45) is 0 Å². The molecule has 0 spiro atoms. The third-order valence-corrected chi connectivity index (χ3v) is 6.95. The number of carboxylic acids is 1. The fraction of sp³-hybridized carbons (Fsp3) is 0.233. The van der Waals surface area contributed by atoms with E-state index in [1.54, 1.807) is 6.92 Å². The van der Waals surface area contributed by atoms with Gasteiger partial charge >= 0.3 is 5.97 Å². The molecule has 5 heteroatoms. The van der Waals surface area contributed by atoms with Gasteiger partial charge in [-0.2, -0.15) is 0 Å². The predicted octanol–water partition coefficient (Wildman–Crippen LogP) is 6.10. The molecule has 0 saturated carbocycles. The van der Waals surface area contributed by atoms with Gasteiger partial charge < -0.3 is 15.2 Å². The number of fused-ring (bicyclic) bond motifs is 2. The van der Waals surface area contributed by atoms with Crippen molar-refractivity contribution in [3.05, 3.63) is 112 Å². The van der Waals surface area contributed by atoms with Gasteiger partial charge in [-0.25, -0.2) is 9.18 Å². The number of para-hydroxylation sites is 1. The zero-order valence-electron chi connectivity index (χ0n) is 19.6. The number of nitrogens with one attached hydrogen (secondary N) is 1. The molecule has 0 fully saturated rings. The largest absolute Gasteiger partial charge is 0.489 e. The number of halogens is 1. The van der Waals surface area contributed by atoms with Crippen molar-refractivity contribution in [3.63, 3.8) is 0 Å². The molecule has 1 heterocycles. The highest BCUT2D eigenvalue weighted by molar-refractivity contribution is 5.90. The summed E-state index contributed by atoms with van der Waals surface area (Å²) in [5, 5.41) is 15.6. The van der Waals surface area contributed by atoms with Crippen molar-refractivity contribution in [3.8, 4) is 5.75 Å². The molecule has 5 rings (SSSR count). The highest BCUT2D eigenvalue weighted by Crippen LogP contribution is 2.42. The monoisotopic (exact) mass is 469 g/mol. The Hall–Kier alpha value is -3.70. The Morgan fingerprint density at radius 3 is 2.66 bits per heavy atom. The molecule has 4 nitrogen and oxygen atoms in total. The molecule has 4 aromatic rings. The summed E-state index contributed by atoms with van der Waals surface area (Å²) in [4.78, 5) is 11.7. The SMILES string of the molecule is Cc1c(C(=O)O)ccc(F)c1[C@@H]1C[C@H](CNCCc2cccc3ccccc23)Oc2ccccc21. The number of carbonyl (C=O) groups is 1. The highest BCUT2D eigenvalue weighted by Gasteiger charge is 2.32. The second-order valence-corrected chi connectivity index (χ2v) is 9.10. The second kappa shape index (κ2) is 9.88. The average molecular weight is 470 g/mol. The number of ether oxygens (including phenoxy) is 1. The third kappa shape index (κ3) is 4.64. The molecule has 0 bridgehead atoms. The minimum atomic E-state index is -1.05. The van der Waals surface area contributed by atoms with Crippen LogP contribution in [0.15, 0.2) is 78.9 Å². The average Bonchev–Trinajstić information content (AvgIpc) is 2.86. The fourth-order valence-electron chi connectivity index (χ4n) is 5.24. The van der Waals surface area contributed by atoms with E-state index in [1.165, 1.54) is 28.5 Å². The Morgan fingerprint density at radius 2 is 1.80 bits per heavy atom. The lowest BCUT2D eigenvalue weighted by atomic mass is 9.81. The van der Waals surface area contributed by atoms with E-state index in [1.807, 2.05) is 24.3 Å². The van der Waals surface area contributed by atoms with Crippen LogP contribution in [-0.4, -0.2) is 30.3 Å². The zero-order chi connectivity index (χ0) is 24.4. The lowest BCUT2D eigenvalue weighted by molar-refractivity contribution is 0.0696. The van der Waals surface area contributed by atoms with Gasteiger partial charge in [0, 0.05) is 18.0 Å². The van der Waals surface area contributed by atoms with Crippen molar-refractivity contribution in [2.75, 3.05) is 13.1 Å². The highest BCUT2D eigenvalue weighted by atomic mass is 19.1. The van der Waals surface area contributed by atoms with Crippen LogP contribution in [0.25, 0.3) is 10.8 Å². The fourth-order valence-corrected chi connectivity index (χ4v) is 5.24. The van der Waals surface area contributed by atoms with Crippen LogP contribution in [-0.2, 0) is 6.42 Å². The van der Waals surface area contributed by atoms with Crippen LogP contribution >= 0.6 is 0 Å². The molecule has 1 aliphatic rings. The molecule has 0 saturated heterocycles. The molecule has 2 atom stereocenters. The molecule has 4 aromatic carbocycles. The quantitative estimate of drug-likeness (QED) is 0.321. The smallest absolute Gasteiger partial charge is 0.335 e. The van der Waals surface area contributed by atoms with Crippen LogP contribution in [0.3, 0.4) is 0 Å². The summed E-state index contributed by atoms with van der Waals surface area (Å²) in [5.41, 5.74) is 3.24. The van der Waals surface area contributed by atoms with Gasteiger partial charge in [0.2, 0.25) is 0 Å². The van der Waals surface area contributed by atoms with Gasteiger partial charge in [0.15, 0.2) is 0 Å². The second-order valence-electron chi connectivity index (χ2n) is 9.10. The molecule has 178 valence electrons.